The first-order chi connectivity index (χ1) is 10.1. The third-order valence-corrected chi connectivity index (χ3v) is 3.25. The van der Waals surface area contributed by atoms with Gasteiger partial charge in [-0.05, 0) is 12.1 Å². The summed E-state index contributed by atoms with van der Waals surface area (Å²) in [6.45, 7) is 0.925. The molecular formula is C14H12ClN3O3. The zero-order valence-electron chi connectivity index (χ0n) is 10.9. The Kier molecular flexibility index (Phi) is 3.53. The summed E-state index contributed by atoms with van der Waals surface area (Å²) >= 11 is 6.13. The van der Waals surface area contributed by atoms with Gasteiger partial charge >= 0.3 is 0 Å². The van der Waals surface area contributed by atoms with Crippen LogP contribution in [0.5, 0.6) is 11.5 Å². The minimum absolute atomic E-state index is 0.142. The fraction of sp³-hybridized carbons (Fsp3) is 0.143. The van der Waals surface area contributed by atoms with E-state index in [4.69, 9.17) is 26.8 Å². The molecule has 7 heteroatoms. The number of hydrogen-bond acceptors (Lipinski definition) is 5. The van der Waals surface area contributed by atoms with Crippen LogP contribution in [0.4, 0.5) is 11.4 Å². The number of rotatable bonds is 2. The van der Waals surface area contributed by atoms with Crippen LogP contribution in [0.3, 0.4) is 0 Å². The highest BCUT2D eigenvalue weighted by atomic mass is 35.5. The van der Waals surface area contributed by atoms with Crippen LogP contribution in [0.25, 0.3) is 0 Å². The van der Waals surface area contributed by atoms with E-state index in [1.807, 2.05) is 0 Å². The number of carbonyl (C=O) groups is 1. The standard InChI is InChI=1S/C14H12ClN3O3/c15-8-6-11-12(21-5-4-20-11)7-10(8)18-14(19)13-9(16)2-1-3-17-13/h1-3,6-7H,4-5,16H2,(H,18,19). The number of carbonyl (C=O) groups excluding carboxylic acids is 1. The van der Waals surface area contributed by atoms with Crippen molar-refractivity contribution in [1.29, 1.82) is 0 Å². The SMILES string of the molecule is Nc1cccnc1C(=O)Nc1cc2c(cc1Cl)OCCO2. The van der Waals surface area contributed by atoms with Crippen molar-refractivity contribution in [2.24, 2.45) is 0 Å². The van der Waals surface area contributed by atoms with Crippen molar-refractivity contribution in [1.82, 2.24) is 4.98 Å². The maximum absolute atomic E-state index is 12.2. The van der Waals surface area contributed by atoms with Crippen molar-refractivity contribution in [3.63, 3.8) is 0 Å². The average Bonchev–Trinajstić information content (AvgIpc) is 2.48. The van der Waals surface area contributed by atoms with Crippen molar-refractivity contribution in [2.75, 3.05) is 24.3 Å². The van der Waals surface area contributed by atoms with E-state index in [2.05, 4.69) is 10.3 Å². The molecule has 1 amide bonds. The largest absolute Gasteiger partial charge is 0.486 e. The topological polar surface area (TPSA) is 86.5 Å². The predicted molar refractivity (Wildman–Crippen MR) is 79.0 cm³/mol. The van der Waals surface area contributed by atoms with Gasteiger partial charge in [0.15, 0.2) is 17.2 Å². The summed E-state index contributed by atoms with van der Waals surface area (Å²) in [4.78, 5) is 16.1. The first-order valence-corrected chi connectivity index (χ1v) is 6.64. The molecule has 1 aromatic carbocycles. The molecule has 0 unspecified atom stereocenters. The molecule has 1 aromatic heterocycles. The van der Waals surface area contributed by atoms with Gasteiger partial charge < -0.3 is 20.5 Å². The second kappa shape index (κ2) is 5.49. The van der Waals surface area contributed by atoms with E-state index in [0.29, 0.717) is 41.1 Å². The quantitative estimate of drug-likeness (QED) is 0.889. The number of hydrogen-bond donors (Lipinski definition) is 2. The molecule has 0 atom stereocenters. The Labute approximate surface area is 125 Å². The molecule has 0 fully saturated rings. The number of nitrogens with zero attached hydrogens (tertiary/aromatic N) is 1. The zero-order chi connectivity index (χ0) is 14.8. The van der Waals surface area contributed by atoms with Gasteiger partial charge in [-0.25, -0.2) is 4.98 Å². The number of benzene rings is 1. The van der Waals surface area contributed by atoms with Crippen LogP contribution >= 0.6 is 11.6 Å². The molecule has 0 radical (unpaired) electrons. The number of anilines is 2. The predicted octanol–water partition coefficient (Wildman–Crippen LogP) is 2.34. The van der Waals surface area contributed by atoms with Crippen LogP contribution < -0.4 is 20.5 Å². The van der Waals surface area contributed by atoms with E-state index in [1.54, 1.807) is 24.3 Å². The lowest BCUT2D eigenvalue weighted by Gasteiger charge is -2.20. The summed E-state index contributed by atoms with van der Waals surface area (Å²) in [5.74, 6) is 0.656. The van der Waals surface area contributed by atoms with Gasteiger partial charge in [0.05, 0.1) is 16.4 Å². The monoisotopic (exact) mass is 305 g/mol. The summed E-state index contributed by atoms with van der Waals surface area (Å²) in [5.41, 5.74) is 6.57. The highest BCUT2D eigenvalue weighted by molar-refractivity contribution is 6.34. The van der Waals surface area contributed by atoms with Crippen molar-refractivity contribution >= 4 is 28.9 Å². The van der Waals surface area contributed by atoms with E-state index < -0.39 is 5.91 Å². The molecule has 6 nitrogen and oxygen atoms in total. The highest BCUT2D eigenvalue weighted by Gasteiger charge is 2.18. The summed E-state index contributed by atoms with van der Waals surface area (Å²) in [5, 5.41) is 3.02. The van der Waals surface area contributed by atoms with Crippen molar-refractivity contribution < 1.29 is 14.3 Å². The lowest BCUT2D eigenvalue weighted by atomic mass is 10.2. The third-order valence-electron chi connectivity index (χ3n) is 2.93. The number of fused-ring (bicyclic) bond motifs is 1. The molecule has 0 saturated heterocycles. The molecule has 0 saturated carbocycles. The fourth-order valence-corrected chi connectivity index (χ4v) is 2.15. The minimum Gasteiger partial charge on any atom is -0.486 e. The van der Waals surface area contributed by atoms with Crippen molar-refractivity contribution in [3.05, 3.63) is 41.2 Å². The highest BCUT2D eigenvalue weighted by Crippen LogP contribution is 2.38. The lowest BCUT2D eigenvalue weighted by Crippen LogP contribution is -2.18. The summed E-state index contributed by atoms with van der Waals surface area (Å²) < 4.78 is 10.9. The Bertz CT molecular complexity index is 706. The van der Waals surface area contributed by atoms with Gasteiger partial charge in [-0.3, -0.25) is 4.79 Å². The number of nitrogen functional groups attached to an aromatic ring is 1. The molecular weight excluding hydrogens is 294 g/mol. The molecule has 2 aromatic rings. The van der Waals surface area contributed by atoms with Gasteiger partial charge in [0.2, 0.25) is 0 Å². The number of aromatic nitrogens is 1. The maximum Gasteiger partial charge on any atom is 0.276 e. The Morgan fingerprint density at radius 2 is 2.00 bits per heavy atom. The van der Waals surface area contributed by atoms with Gasteiger partial charge in [0.1, 0.15) is 13.2 Å². The normalized spacial score (nSPS) is 12.8. The molecule has 3 N–H and O–H groups in total. The molecule has 2 heterocycles. The van der Waals surface area contributed by atoms with Crippen LogP contribution in [0, 0.1) is 0 Å². The van der Waals surface area contributed by atoms with E-state index in [-0.39, 0.29) is 5.69 Å². The Morgan fingerprint density at radius 3 is 2.71 bits per heavy atom. The summed E-state index contributed by atoms with van der Waals surface area (Å²) in [6.07, 6.45) is 1.50. The molecule has 108 valence electrons. The molecule has 1 aliphatic rings. The third kappa shape index (κ3) is 2.71. The number of halogens is 1. The van der Waals surface area contributed by atoms with E-state index >= 15 is 0 Å². The number of amides is 1. The first kappa shape index (κ1) is 13.5. The molecule has 0 bridgehead atoms. The Hall–Kier alpha value is -2.47. The number of nitrogens with two attached hydrogens (primary N) is 1. The molecule has 0 spiro atoms. The van der Waals surface area contributed by atoms with Gasteiger partial charge in [-0.15, -0.1) is 0 Å². The number of ether oxygens (including phenoxy) is 2. The smallest absolute Gasteiger partial charge is 0.276 e. The Balaban J connectivity index is 1.88. The second-order valence-corrected chi connectivity index (χ2v) is 4.78. The van der Waals surface area contributed by atoms with Crippen molar-refractivity contribution in [2.45, 2.75) is 0 Å². The minimum atomic E-state index is -0.438. The van der Waals surface area contributed by atoms with Crippen LogP contribution in [0.15, 0.2) is 30.5 Å². The van der Waals surface area contributed by atoms with E-state index in [9.17, 15) is 4.79 Å². The average molecular weight is 306 g/mol. The molecule has 21 heavy (non-hydrogen) atoms. The van der Waals surface area contributed by atoms with E-state index in [0.717, 1.165) is 0 Å². The van der Waals surface area contributed by atoms with Crippen LogP contribution in [-0.4, -0.2) is 24.1 Å². The number of nitrogens with one attached hydrogen (secondary N) is 1. The van der Waals surface area contributed by atoms with Gasteiger partial charge in [0.25, 0.3) is 5.91 Å². The molecule has 1 aliphatic heterocycles. The molecule has 0 aliphatic carbocycles. The maximum atomic E-state index is 12.2. The second-order valence-electron chi connectivity index (χ2n) is 4.37. The number of pyridine rings is 1. The molecule has 3 rings (SSSR count). The van der Waals surface area contributed by atoms with Gasteiger partial charge in [0, 0.05) is 18.3 Å². The van der Waals surface area contributed by atoms with Crippen LogP contribution in [-0.2, 0) is 0 Å². The summed E-state index contributed by atoms with van der Waals surface area (Å²) in [7, 11) is 0. The van der Waals surface area contributed by atoms with Gasteiger partial charge in [-0.2, -0.15) is 0 Å². The summed E-state index contributed by atoms with van der Waals surface area (Å²) in [6, 6.07) is 6.48. The zero-order valence-corrected chi connectivity index (χ0v) is 11.7. The van der Waals surface area contributed by atoms with Crippen LogP contribution in [0.1, 0.15) is 10.5 Å². The fourth-order valence-electron chi connectivity index (χ4n) is 1.95. The Morgan fingerprint density at radius 1 is 1.29 bits per heavy atom. The van der Waals surface area contributed by atoms with Crippen molar-refractivity contribution in [3.8, 4) is 11.5 Å². The first-order valence-electron chi connectivity index (χ1n) is 6.26. The van der Waals surface area contributed by atoms with Crippen LogP contribution in [0.2, 0.25) is 5.02 Å². The van der Waals surface area contributed by atoms with Gasteiger partial charge in [-0.1, -0.05) is 11.6 Å². The lowest BCUT2D eigenvalue weighted by molar-refractivity contribution is 0.102. The van der Waals surface area contributed by atoms with E-state index in [1.165, 1.54) is 6.20 Å².